The smallest absolute Gasteiger partial charge is 0.336 e. The van der Waals surface area contributed by atoms with Crippen molar-refractivity contribution >= 4 is 41.9 Å². The average Bonchev–Trinajstić information content (AvgIpc) is 2.33. The van der Waals surface area contributed by atoms with Crippen LogP contribution in [0.4, 0.5) is 0 Å². The number of carboxylic acids is 1. The van der Waals surface area contributed by atoms with E-state index < -0.39 is 26.0 Å². The number of benzene rings is 1. The highest BCUT2D eigenvalue weighted by Crippen LogP contribution is 2.21. The minimum atomic E-state index is -3.92. The summed E-state index contributed by atoms with van der Waals surface area (Å²) in [5, 5.41) is 13.7. The van der Waals surface area contributed by atoms with Crippen LogP contribution in [0.3, 0.4) is 0 Å². The van der Waals surface area contributed by atoms with E-state index in [0.29, 0.717) is 0 Å². The van der Waals surface area contributed by atoms with Crippen molar-refractivity contribution < 1.29 is 26.7 Å². The van der Waals surface area contributed by atoms with Gasteiger partial charge >= 0.3 is 5.97 Å². The second-order valence-corrected chi connectivity index (χ2v) is 8.42. The maximum atomic E-state index is 11.9. The van der Waals surface area contributed by atoms with E-state index in [1.807, 2.05) is 0 Å². The van der Waals surface area contributed by atoms with Gasteiger partial charge in [-0.25, -0.2) is 31.5 Å². The molecule has 0 fully saturated rings. The van der Waals surface area contributed by atoms with E-state index in [0.717, 1.165) is 6.07 Å². The van der Waals surface area contributed by atoms with E-state index in [1.54, 1.807) is 0 Å². The van der Waals surface area contributed by atoms with Crippen LogP contribution in [0.25, 0.3) is 0 Å². The minimum Gasteiger partial charge on any atom is -0.478 e. The summed E-state index contributed by atoms with van der Waals surface area (Å²) in [5.41, 5.74) is -0.192. The van der Waals surface area contributed by atoms with Gasteiger partial charge in [0.1, 0.15) is 0 Å². The van der Waals surface area contributed by atoms with Crippen LogP contribution < -0.4 is 9.86 Å². The maximum Gasteiger partial charge on any atom is 0.336 e. The highest BCUT2D eigenvalue weighted by Gasteiger charge is 2.18. The topological polar surface area (TPSA) is 144 Å². The van der Waals surface area contributed by atoms with Crippen molar-refractivity contribution in [1.82, 2.24) is 4.72 Å². The largest absolute Gasteiger partial charge is 0.478 e. The van der Waals surface area contributed by atoms with Crippen molar-refractivity contribution in [2.24, 2.45) is 5.14 Å². The number of sulfonamides is 2. The molecule has 0 spiro atoms. The molecule has 1 aromatic rings. The normalized spacial score (nSPS) is 12.3. The molecule has 0 aliphatic carbocycles. The first-order valence-corrected chi connectivity index (χ1v) is 9.55. The van der Waals surface area contributed by atoms with Gasteiger partial charge in [-0.05, 0) is 40.5 Å². The monoisotopic (exact) mass is 400 g/mol. The van der Waals surface area contributed by atoms with Gasteiger partial charge in [-0.2, -0.15) is 0 Å². The molecule has 0 radical (unpaired) electrons. The molecular formula is C10H13BrN2O6S2. The van der Waals surface area contributed by atoms with E-state index in [-0.39, 0.29) is 33.7 Å². The summed E-state index contributed by atoms with van der Waals surface area (Å²) >= 11 is 3.01. The third-order valence-electron chi connectivity index (χ3n) is 2.38. The molecule has 11 heteroatoms. The molecule has 1 aromatic carbocycles. The van der Waals surface area contributed by atoms with Gasteiger partial charge in [0.05, 0.1) is 16.2 Å². The highest BCUT2D eigenvalue weighted by molar-refractivity contribution is 9.10. The molecule has 118 valence electrons. The Bertz CT molecular complexity index is 745. The Morgan fingerprint density at radius 1 is 1.29 bits per heavy atom. The number of nitrogens with one attached hydrogen (secondary N) is 1. The quantitative estimate of drug-likeness (QED) is 0.553. The van der Waals surface area contributed by atoms with Crippen molar-refractivity contribution in [3.63, 3.8) is 0 Å². The molecule has 0 saturated heterocycles. The number of carboxylic acid groups (broad SMARTS) is 1. The first kappa shape index (κ1) is 18.0. The molecule has 0 bridgehead atoms. The van der Waals surface area contributed by atoms with Gasteiger partial charge in [0.2, 0.25) is 20.0 Å². The summed E-state index contributed by atoms with van der Waals surface area (Å²) in [6.45, 7) is -0.128. The average molecular weight is 401 g/mol. The van der Waals surface area contributed by atoms with Gasteiger partial charge in [0.15, 0.2) is 0 Å². The lowest BCUT2D eigenvalue weighted by atomic mass is 10.2. The lowest BCUT2D eigenvalue weighted by molar-refractivity contribution is 0.0695. The molecule has 0 heterocycles. The van der Waals surface area contributed by atoms with Crippen molar-refractivity contribution in [3.05, 3.63) is 28.2 Å². The van der Waals surface area contributed by atoms with Gasteiger partial charge in [0.25, 0.3) is 0 Å². The SMILES string of the molecule is NS(=O)(=O)CCCNS(=O)(=O)c1ccc(Br)c(C(=O)O)c1. The predicted octanol–water partition coefficient (Wildman–Crippen LogP) is 0.104. The molecule has 0 aromatic heterocycles. The molecule has 0 atom stereocenters. The van der Waals surface area contributed by atoms with Gasteiger partial charge in [-0.3, -0.25) is 0 Å². The van der Waals surface area contributed by atoms with Crippen LogP contribution in [0.2, 0.25) is 0 Å². The first-order valence-electron chi connectivity index (χ1n) is 5.56. The third kappa shape index (κ3) is 5.71. The van der Waals surface area contributed by atoms with Crippen LogP contribution in [0.15, 0.2) is 27.6 Å². The summed E-state index contributed by atoms with van der Waals surface area (Å²) in [7, 11) is -7.57. The van der Waals surface area contributed by atoms with Crippen molar-refractivity contribution in [1.29, 1.82) is 0 Å². The van der Waals surface area contributed by atoms with E-state index >= 15 is 0 Å². The third-order valence-corrected chi connectivity index (χ3v) is 5.38. The number of aromatic carboxylic acids is 1. The Morgan fingerprint density at radius 3 is 2.43 bits per heavy atom. The Kier molecular flexibility index (Phi) is 5.87. The maximum absolute atomic E-state index is 11.9. The zero-order chi connectivity index (χ0) is 16.3. The molecule has 0 aliphatic rings. The molecule has 0 amide bonds. The minimum absolute atomic E-state index is 0.0143. The van der Waals surface area contributed by atoms with Crippen LogP contribution in [0, 0.1) is 0 Å². The first-order chi connectivity index (χ1) is 9.53. The van der Waals surface area contributed by atoms with Crippen LogP contribution in [0.1, 0.15) is 16.8 Å². The Labute approximate surface area is 130 Å². The zero-order valence-corrected chi connectivity index (χ0v) is 13.8. The van der Waals surface area contributed by atoms with Gasteiger partial charge in [0, 0.05) is 11.0 Å². The van der Waals surface area contributed by atoms with Crippen LogP contribution in [-0.2, 0) is 20.0 Å². The summed E-state index contributed by atoms with van der Waals surface area (Å²) in [6.07, 6.45) is 0.0143. The summed E-state index contributed by atoms with van der Waals surface area (Å²) in [6, 6.07) is 3.55. The number of carbonyl (C=O) groups is 1. The van der Waals surface area contributed by atoms with Crippen LogP contribution >= 0.6 is 15.9 Å². The number of hydrogen-bond acceptors (Lipinski definition) is 5. The number of primary sulfonamides is 1. The number of hydrogen-bond donors (Lipinski definition) is 3. The molecule has 0 saturated carbocycles. The van der Waals surface area contributed by atoms with E-state index in [2.05, 4.69) is 20.7 Å². The summed E-state index contributed by atoms with van der Waals surface area (Å²) in [5.74, 6) is -1.62. The van der Waals surface area contributed by atoms with Gasteiger partial charge < -0.3 is 5.11 Å². The Morgan fingerprint density at radius 2 is 1.90 bits per heavy atom. The fourth-order valence-electron chi connectivity index (χ4n) is 1.40. The van der Waals surface area contributed by atoms with Crippen molar-refractivity contribution in [2.75, 3.05) is 12.3 Å². The highest BCUT2D eigenvalue weighted by atomic mass is 79.9. The fourth-order valence-corrected chi connectivity index (χ4v) is 3.46. The van der Waals surface area contributed by atoms with Crippen molar-refractivity contribution in [3.8, 4) is 0 Å². The lowest BCUT2D eigenvalue weighted by Crippen LogP contribution is -2.27. The predicted molar refractivity (Wildman–Crippen MR) is 78.9 cm³/mol. The lowest BCUT2D eigenvalue weighted by Gasteiger charge is -2.08. The molecule has 0 aliphatic heterocycles. The van der Waals surface area contributed by atoms with Crippen molar-refractivity contribution in [2.45, 2.75) is 11.3 Å². The summed E-state index contributed by atoms with van der Waals surface area (Å²) in [4.78, 5) is 10.7. The molecular weight excluding hydrogens is 388 g/mol. The fraction of sp³-hybridized carbons (Fsp3) is 0.300. The number of nitrogens with two attached hydrogens (primary N) is 1. The molecule has 21 heavy (non-hydrogen) atoms. The summed E-state index contributed by atoms with van der Waals surface area (Å²) < 4.78 is 47.7. The number of halogens is 1. The molecule has 4 N–H and O–H groups in total. The molecule has 0 unspecified atom stereocenters. The van der Waals surface area contributed by atoms with E-state index in [4.69, 9.17) is 10.2 Å². The number of rotatable bonds is 7. The van der Waals surface area contributed by atoms with E-state index in [9.17, 15) is 21.6 Å². The Balaban J connectivity index is 2.84. The second-order valence-electron chi connectivity index (χ2n) is 4.07. The van der Waals surface area contributed by atoms with Crippen LogP contribution in [-0.4, -0.2) is 40.2 Å². The molecule has 8 nitrogen and oxygen atoms in total. The van der Waals surface area contributed by atoms with Crippen LogP contribution in [0.5, 0.6) is 0 Å². The standard InChI is InChI=1S/C10H13BrN2O6S2/c11-9-3-2-7(6-8(9)10(14)15)21(18,19)13-4-1-5-20(12,16)17/h2-3,6,13H,1,4-5H2,(H,14,15)(H2,12,16,17). The zero-order valence-electron chi connectivity index (χ0n) is 10.6. The van der Waals surface area contributed by atoms with E-state index in [1.165, 1.54) is 12.1 Å². The second kappa shape index (κ2) is 6.83. The van der Waals surface area contributed by atoms with Gasteiger partial charge in [-0.15, -0.1) is 0 Å². The van der Waals surface area contributed by atoms with Gasteiger partial charge in [-0.1, -0.05) is 0 Å². The Hall–Kier alpha value is -1.01. The molecule has 1 rings (SSSR count).